The molecule has 0 aromatic carbocycles. The Balaban J connectivity index is 1.66. The molecule has 0 N–H and O–H groups in total. The van der Waals surface area contributed by atoms with Crippen LogP contribution in [0.3, 0.4) is 0 Å². The number of hydrogen-bond donors (Lipinski definition) is 0. The van der Waals surface area contributed by atoms with Crippen molar-refractivity contribution < 1.29 is 23.2 Å². The summed E-state index contributed by atoms with van der Waals surface area (Å²) in [6.45, 7) is 0. The predicted molar refractivity (Wildman–Crippen MR) is 89.3 cm³/mol. The maximum atomic E-state index is 12.7. The molecule has 5 nitrogen and oxygen atoms in total. The molecule has 7 atom stereocenters. The molecule has 0 spiro atoms. The van der Waals surface area contributed by atoms with Crippen LogP contribution in [-0.2, 0) is 29.7 Å². The van der Waals surface area contributed by atoms with E-state index in [0.717, 1.165) is 0 Å². The van der Waals surface area contributed by atoms with Crippen LogP contribution in [0.25, 0.3) is 0 Å². The molecule has 9 heteroatoms. The fourth-order valence-electron chi connectivity index (χ4n) is 2.98. The molecule has 0 aromatic heterocycles. The lowest BCUT2D eigenvalue weighted by Gasteiger charge is -2.40. The molecule has 0 aromatic rings. The van der Waals surface area contributed by atoms with Crippen LogP contribution in [0.4, 0.5) is 0 Å². The molecular weight excluding hydrogens is 352 g/mol. The Hall–Kier alpha value is 1.04. The number of fused-ring (bicyclic) bond motifs is 4. The van der Waals surface area contributed by atoms with Gasteiger partial charge in [-0.2, -0.15) is 0 Å². The summed E-state index contributed by atoms with van der Waals surface area (Å²) in [5.41, 5.74) is 0. The highest BCUT2D eigenvalue weighted by Gasteiger charge is 2.66. The largest absolute Gasteiger partial charge is 0.354 e. The first kappa shape index (κ1) is 16.9. The van der Waals surface area contributed by atoms with Crippen molar-refractivity contribution >= 4 is 46.1 Å². The summed E-state index contributed by atoms with van der Waals surface area (Å²) in [5.74, 6) is 0. The van der Waals surface area contributed by atoms with Gasteiger partial charge in [-0.15, -0.1) is 35.3 Å². The van der Waals surface area contributed by atoms with E-state index in [0.29, 0.717) is 15.7 Å². The topological polar surface area (TPSA) is 54.0 Å². The van der Waals surface area contributed by atoms with Crippen molar-refractivity contribution in [3.63, 3.8) is 0 Å². The van der Waals surface area contributed by atoms with Crippen LogP contribution in [0.15, 0.2) is 0 Å². The van der Waals surface area contributed by atoms with E-state index in [-0.39, 0.29) is 20.7 Å². The molecule has 1 saturated carbocycles. The summed E-state index contributed by atoms with van der Waals surface area (Å²) in [5, 5.41) is 1.59. The van der Waals surface area contributed by atoms with Gasteiger partial charge in [-0.3, -0.25) is 4.21 Å². The summed E-state index contributed by atoms with van der Waals surface area (Å²) < 4.78 is 34.2. The van der Waals surface area contributed by atoms with Crippen molar-refractivity contribution in [2.75, 3.05) is 28.4 Å². The zero-order valence-electron chi connectivity index (χ0n) is 12.3. The molecular formula is C12H20O5S4. The number of thioether (sulfide) groups is 3. The minimum Gasteiger partial charge on any atom is -0.354 e. The van der Waals surface area contributed by atoms with Crippen LogP contribution < -0.4 is 0 Å². The molecule has 0 amide bonds. The first-order valence-corrected chi connectivity index (χ1v) is 10.7. The minimum absolute atomic E-state index is 0.0825. The Morgan fingerprint density at radius 2 is 1.33 bits per heavy atom. The van der Waals surface area contributed by atoms with Gasteiger partial charge in [-0.05, 0) is 0 Å². The standard InChI is InChI=1S/C12H20O5S4/c1-14-9(15-2)11-18-5-6(19-11)8-7(5)20-12(21(8)13)10(16-3)17-4/h5-12H,1-4H3/t5-,6+,7-,8+,11-,12+,21?/m1/s1. The van der Waals surface area contributed by atoms with Crippen LogP contribution in [0.1, 0.15) is 0 Å². The lowest BCUT2D eigenvalue weighted by atomic mass is 9.97. The molecule has 2 heterocycles. The van der Waals surface area contributed by atoms with Crippen LogP contribution in [-0.4, -0.2) is 75.4 Å². The van der Waals surface area contributed by atoms with E-state index in [1.54, 1.807) is 40.2 Å². The molecule has 2 aliphatic heterocycles. The van der Waals surface area contributed by atoms with Gasteiger partial charge in [-0.1, -0.05) is 0 Å². The maximum Gasteiger partial charge on any atom is 0.180 e. The average Bonchev–Trinajstić information content (AvgIpc) is 2.97. The summed E-state index contributed by atoms with van der Waals surface area (Å²) in [7, 11) is 5.62. The van der Waals surface area contributed by atoms with Crippen molar-refractivity contribution in [2.45, 2.75) is 42.7 Å². The van der Waals surface area contributed by atoms with Gasteiger partial charge in [0.25, 0.3) is 0 Å². The van der Waals surface area contributed by atoms with Crippen molar-refractivity contribution in [3.05, 3.63) is 0 Å². The smallest absolute Gasteiger partial charge is 0.180 e. The summed E-state index contributed by atoms with van der Waals surface area (Å²) >= 11 is 5.52. The van der Waals surface area contributed by atoms with Crippen LogP contribution in [0, 0.1) is 0 Å². The van der Waals surface area contributed by atoms with Gasteiger partial charge in [-0.25, -0.2) is 0 Å². The highest BCUT2D eigenvalue weighted by Crippen LogP contribution is 2.63. The van der Waals surface area contributed by atoms with Gasteiger partial charge in [0.15, 0.2) is 12.6 Å². The molecule has 2 saturated heterocycles. The molecule has 3 aliphatic rings. The Bertz CT molecular complexity index is 397. The lowest BCUT2D eigenvalue weighted by molar-refractivity contribution is -0.0898. The molecule has 1 unspecified atom stereocenters. The maximum absolute atomic E-state index is 12.7. The second-order valence-electron chi connectivity index (χ2n) is 5.01. The van der Waals surface area contributed by atoms with E-state index in [1.165, 1.54) is 0 Å². The van der Waals surface area contributed by atoms with Crippen LogP contribution in [0.5, 0.6) is 0 Å². The van der Waals surface area contributed by atoms with Crippen molar-refractivity contribution in [1.29, 1.82) is 0 Å². The van der Waals surface area contributed by atoms with Gasteiger partial charge in [0.2, 0.25) is 0 Å². The first-order chi connectivity index (χ1) is 10.2. The fourth-order valence-corrected chi connectivity index (χ4v) is 13.0. The van der Waals surface area contributed by atoms with Crippen molar-refractivity contribution in [3.8, 4) is 0 Å². The average molecular weight is 373 g/mol. The SMILES string of the molecule is COC(OC)[C@@H]1S[C@H]2[C@H]3S[C@H](C(OC)OC)S(=O)[C@H]3[C@H]2S1. The summed E-state index contributed by atoms with van der Waals surface area (Å²) in [6.07, 6.45) is -0.593. The third kappa shape index (κ3) is 2.71. The second-order valence-corrected chi connectivity index (χ2v) is 11.3. The molecule has 21 heavy (non-hydrogen) atoms. The lowest BCUT2D eigenvalue weighted by Crippen LogP contribution is -2.55. The quantitative estimate of drug-likeness (QED) is 0.648. The zero-order chi connectivity index (χ0) is 15.1. The zero-order valence-corrected chi connectivity index (χ0v) is 15.6. The molecule has 1 aliphatic carbocycles. The van der Waals surface area contributed by atoms with Gasteiger partial charge < -0.3 is 18.9 Å². The Kier molecular flexibility index (Phi) is 5.53. The molecule has 122 valence electrons. The number of hydrogen-bond acceptors (Lipinski definition) is 8. The highest BCUT2D eigenvalue weighted by molar-refractivity contribution is 8.24. The van der Waals surface area contributed by atoms with Crippen molar-refractivity contribution in [2.24, 2.45) is 0 Å². The van der Waals surface area contributed by atoms with Gasteiger partial charge in [0.1, 0.15) is 9.16 Å². The van der Waals surface area contributed by atoms with E-state index in [4.69, 9.17) is 18.9 Å². The van der Waals surface area contributed by atoms with E-state index < -0.39 is 17.1 Å². The summed E-state index contributed by atoms with van der Waals surface area (Å²) in [4.78, 5) is 0. The fraction of sp³-hybridized carbons (Fsp3) is 1.00. The third-order valence-corrected chi connectivity index (χ3v) is 12.3. The molecule has 3 rings (SSSR count). The van der Waals surface area contributed by atoms with Crippen molar-refractivity contribution in [1.82, 2.24) is 0 Å². The summed E-state index contributed by atoms with van der Waals surface area (Å²) in [6, 6.07) is 0. The molecule has 3 fully saturated rings. The highest BCUT2D eigenvalue weighted by atomic mass is 32.2. The first-order valence-electron chi connectivity index (χ1n) is 6.63. The predicted octanol–water partition coefficient (Wildman–Crippen LogP) is 1.34. The van der Waals surface area contributed by atoms with Gasteiger partial charge >= 0.3 is 0 Å². The van der Waals surface area contributed by atoms with Gasteiger partial charge in [0, 0.05) is 55.0 Å². The Morgan fingerprint density at radius 1 is 0.810 bits per heavy atom. The number of methoxy groups -OCH3 is 4. The molecule has 0 bridgehead atoms. The molecule has 0 radical (unpaired) electrons. The van der Waals surface area contributed by atoms with E-state index in [9.17, 15) is 4.21 Å². The van der Waals surface area contributed by atoms with Crippen LogP contribution >= 0.6 is 35.3 Å². The van der Waals surface area contributed by atoms with E-state index in [1.807, 2.05) is 23.5 Å². The third-order valence-electron chi connectivity index (χ3n) is 4.04. The monoisotopic (exact) mass is 372 g/mol. The van der Waals surface area contributed by atoms with E-state index >= 15 is 0 Å². The Labute approximate surface area is 140 Å². The van der Waals surface area contributed by atoms with E-state index in [2.05, 4.69) is 0 Å². The number of rotatable bonds is 6. The van der Waals surface area contributed by atoms with Gasteiger partial charge in [0.05, 0.1) is 5.25 Å². The van der Waals surface area contributed by atoms with Crippen LogP contribution in [0.2, 0.25) is 0 Å². The number of ether oxygens (including phenoxy) is 4. The second kappa shape index (κ2) is 6.88. The normalized spacial score (nSPS) is 45.0. The minimum atomic E-state index is -0.924. The Morgan fingerprint density at radius 3 is 1.90 bits per heavy atom.